The van der Waals surface area contributed by atoms with Crippen LogP contribution in [-0.2, 0) is 17.9 Å². The third-order valence-electron chi connectivity index (χ3n) is 7.46. The van der Waals surface area contributed by atoms with E-state index in [1.54, 1.807) is 44.5 Å². The number of aliphatic hydroxyl groups is 1. The monoisotopic (exact) mass is 652 g/mol. The average molecular weight is 654 g/mol. The van der Waals surface area contributed by atoms with E-state index in [2.05, 4.69) is 26.3 Å². The maximum Gasteiger partial charge on any atom is 0.220 e. The summed E-state index contributed by atoms with van der Waals surface area (Å²) in [7, 11) is 1.57. The van der Waals surface area contributed by atoms with Crippen LogP contribution in [0.4, 0.5) is 15.9 Å². The highest BCUT2D eigenvalue weighted by Crippen LogP contribution is 2.41. The van der Waals surface area contributed by atoms with Gasteiger partial charge in [0.05, 0.1) is 34.6 Å². The van der Waals surface area contributed by atoms with Gasteiger partial charge in [0.25, 0.3) is 0 Å². The zero-order valence-electron chi connectivity index (χ0n) is 25.0. The molecule has 2 atom stereocenters. The van der Waals surface area contributed by atoms with Crippen LogP contribution >= 0.6 is 23.2 Å². The Kier molecular flexibility index (Phi) is 10.9. The van der Waals surface area contributed by atoms with E-state index in [0.29, 0.717) is 64.9 Å². The minimum absolute atomic E-state index is 0.0856. The fourth-order valence-electron chi connectivity index (χ4n) is 5.17. The van der Waals surface area contributed by atoms with E-state index in [-0.39, 0.29) is 35.0 Å². The summed E-state index contributed by atoms with van der Waals surface area (Å²) in [6.07, 6.45) is 2.42. The molecule has 0 bridgehead atoms. The second-order valence-electron chi connectivity index (χ2n) is 10.9. The topological polar surface area (TPSA) is 120 Å². The number of ether oxygens (including phenoxy) is 1. The first-order chi connectivity index (χ1) is 21.7. The van der Waals surface area contributed by atoms with Gasteiger partial charge in [-0.15, -0.1) is 0 Å². The number of nitrogens with one attached hydrogen (secondary N) is 4. The summed E-state index contributed by atoms with van der Waals surface area (Å²) < 4.78 is 20.9. The lowest BCUT2D eigenvalue weighted by Crippen LogP contribution is -2.35. The molecule has 1 amide bonds. The summed E-state index contributed by atoms with van der Waals surface area (Å²) in [6, 6.07) is 16.3. The molecule has 2 aromatic heterocycles. The van der Waals surface area contributed by atoms with E-state index in [1.807, 2.05) is 30.3 Å². The molecule has 12 heteroatoms. The van der Waals surface area contributed by atoms with Crippen LogP contribution in [0.2, 0.25) is 10.0 Å². The summed E-state index contributed by atoms with van der Waals surface area (Å²) in [5, 5.41) is 22.6. The fourth-order valence-corrected chi connectivity index (χ4v) is 5.76. The molecule has 0 saturated carbocycles. The number of hydrogen-bond donors (Lipinski definition) is 5. The predicted molar refractivity (Wildman–Crippen MR) is 175 cm³/mol. The number of methoxy groups -OCH3 is 1. The molecule has 236 valence electrons. The minimum Gasteiger partial charge on any atom is -0.481 e. The SMILES string of the molecule is COc1nc(-c2cccc(-c3ccnc(Nc4cccc(CNC[C@H](C)O)c4F)c3Cl)c2Cl)ccc1CNC[C@@H]1CCC(=O)N1. The van der Waals surface area contributed by atoms with Gasteiger partial charge in [-0.25, -0.2) is 14.4 Å². The molecule has 5 N–H and O–H groups in total. The van der Waals surface area contributed by atoms with Crippen LogP contribution in [0.5, 0.6) is 5.88 Å². The minimum atomic E-state index is -0.538. The molecule has 45 heavy (non-hydrogen) atoms. The summed E-state index contributed by atoms with van der Waals surface area (Å²) in [5.74, 6) is 0.387. The van der Waals surface area contributed by atoms with Crippen LogP contribution in [0.25, 0.3) is 22.4 Å². The lowest BCUT2D eigenvalue weighted by Gasteiger charge is -2.16. The van der Waals surface area contributed by atoms with Gasteiger partial charge < -0.3 is 31.1 Å². The number of benzene rings is 2. The van der Waals surface area contributed by atoms with Crippen molar-refractivity contribution in [3.63, 3.8) is 0 Å². The molecule has 2 aromatic carbocycles. The van der Waals surface area contributed by atoms with Crippen LogP contribution in [0.1, 0.15) is 30.9 Å². The Hall–Kier alpha value is -3.80. The molecule has 9 nitrogen and oxygen atoms in total. The van der Waals surface area contributed by atoms with Crippen molar-refractivity contribution >= 4 is 40.6 Å². The third kappa shape index (κ3) is 7.89. The number of nitrogens with zero attached hydrogens (tertiary/aromatic N) is 2. The van der Waals surface area contributed by atoms with Crippen molar-refractivity contribution in [3.8, 4) is 28.3 Å². The van der Waals surface area contributed by atoms with Crippen molar-refractivity contribution in [2.24, 2.45) is 0 Å². The Morgan fingerprint density at radius 1 is 1.02 bits per heavy atom. The molecule has 5 rings (SSSR count). The van der Waals surface area contributed by atoms with E-state index >= 15 is 4.39 Å². The second kappa shape index (κ2) is 15.0. The van der Waals surface area contributed by atoms with Gasteiger partial charge >= 0.3 is 0 Å². The van der Waals surface area contributed by atoms with Gasteiger partial charge in [-0.2, -0.15) is 0 Å². The molecule has 0 unspecified atom stereocenters. The highest BCUT2D eigenvalue weighted by Gasteiger charge is 2.21. The molecule has 0 radical (unpaired) electrons. The zero-order valence-corrected chi connectivity index (χ0v) is 26.5. The quantitative estimate of drug-likeness (QED) is 0.122. The van der Waals surface area contributed by atoms with E-state index < -0.39 is 11.9 Å². The van der Waals surface area contributed by atoms with Gasteiger partial charge in [0.15, 0.2) is 5.82 Å². The summed E-state index contributed by atoms with van der Waals surface area (Å²) in [5.41, 5.74) is 4.12. The lowest BCUT2D eigenvalue weighted by molar-refractivity contribution is -0.119. The van der Waals surface area contributed by atoms with Crippen molar-refractivity contribution in [2.75, 3.05) is 25.5 Å². The first-order valence-electron chi connectivity index (χ1n) is 14.7. The number of rotatable bonds is 13. The van der Waals surface area contributed by atoms with Crippen LogP contribution < -0.4 is 26.0 Å². The molecular weight excluding hydrogens is 618 g/mol. The van der Waals surface area contributed by atoms with Crippen LogP contribution in [0, 0.1) is 5.82 Å². The number of aliphatic hydroxyl groups excluding tert-OH is 1. The van der Waals surface area contributed by atoms with Gasteiger partial charge in [-0.05, 0) is 31.5 Å². The predicted octanol–water partition coefficient (Wildman–Crippen LogP) is 5.85. The number of carbonyl (C=O) groups excluding carboxylic acids is 1. The third-order valence-corrected chi connectivity index (χ3v) is 8.25. The fraction of sp³-hybridized carbons (Fsp3) is 0.303. The average Bonchev–Trinajstić information content (AvgIpc) is 3.45. The van der Waals surface area contributed by atoms with Crippen molar-refractivity contribution in [3.05, 3.63) is 87.8 Å². The van der Waals surface area contributed by atoms with Crippen molar-refractivity contribution in [1.29, 1.82) is 0 Å². The van der Waals surface area contributed by atoms with Gasteiger partial charge in [0.2, 0.25) is 11.8 Å². The van der Waals surface area contributed by atoms with E-state index in [0.717, 1.165) is 12.0 Å². The van der Waals surface area contributed by atoms with Gasteiger partial charge in [0, 0.05) is 72.7 Å². The molecule has 3 heterocycles. The molecular formula is C33H35Cl2FN6O3. The maximum atomic E-state index is 15.3. The van der Waals surface area contributed by atoms with Gasteiger partial charge in [-0.1, -0.05) is 59.6 Å². The van der Waals surface area contributed by atoms with Crippen LogP contribution in [-0.4, -0.2) is 53.3 Å². The molecule has 1 saturated heterocycles. The smallest absolute Gasteiger partial charge is 0.220 e. The number of aromatic nitrogens is 2. The van der Waals surface area contributed by atoms with E-state index in [9.17, 15) is 9.90 Å². The largest absolute Gasteiger partial charge is 0.481 e. The molecule has 1 aliphatic rings. The maximum absolute atomic E-state index is 15.3. The first kappa shape index (κ1) is 32.6. The summed E-state index contributed by atoms with van der Waals surface area (Å²) in [4.78, 5) is 20.5. The normalized spacial score (nSPS) is 15.2. The summed E-state index contributed by atoms with van der Waals surface area (Å²) >= 11 is 13.8. The Morgan fingerprint density at radius 3 is 2.53 bits per heavy atom. The van der Waals surface area contributed by atoms with Crippen molar-refractivity contribution in [2.45, 2.75) is 45.0 Å². The van der Waals surface area contributed by atoms with Crippen LogP contribution in [0.3, 0.4) is 0 Å². The molecule has 1 fully saturated rings. The Bertz CT molecular complexity index is 1670. The first-order valence-corrected chi connectivity index (χ1v) is 15.4. The number of halogens is 3. The lowest BCUT2D eigenvalue weighted by atomic mass is 10.0. The number of carbonyl (C=O) groups is 1. The number of pyridine rings is 2. The van der Waals surface area contributed by atoms with Crippen molar-refractivity contribution < 1.29 is 19.0 Å². The Labute approximate surface area is 271 Å². The number of anilines is 2. The van der Waals surface area contributed by atoms with Gasteiger partial charge in [0.1, 0.15) is 5.82 Å². The Morgan fingerprint density at radius 2 is 1.78 bits per heavy atom. The molecule has 1 aliphatic heterocycles. The second-order valence-corrected chi connectivity index (χ2v) is 11.6. The summed E-state index contributed by atoms with van der Waals surface area (Å²) in [6.45, 7) is 3.45. The zero-order chi connectivity index (χ0) is 31.9. The number of amides is 1. The van der Waals surface area contributed by atoms with Gasteiger partial charge in [-0.3, -0.25) is 4.79 Å². The van der Waals surface area contributed by atoms with Crippen LogP contribution in [0.15, 0.2) is 60.8 Å². The molecule has 4 aromatic rings. The Balaban J connectivity index is 1.36. The van der Waals surface area contributed by atoms with E-state index in [1.165, 1.54) is 0 Å². The molecule has 0 spiro atoms. The number of hydrogen-bond acceptors (Lipinski definition) is 8. The van der Waals surface area contributed by atoms with Crippen molar-refractivity contribution in [1.82, 2.24) is 25.9 Å². The standard InChI is InChI=1S/C33H35Cl2FN6O3/c1-19(43)15-37-16-20-5-3-8-27(31(20)36)41-32-30(35)24(13-14-39-32)23-6-4-7-25(29(23)34)26-11-9-21(33(42-26)45-2)17-38-18-22-10-12-28(44)40-22/h3-9,11,13-14,19,22,37-38,43H,10,12,15-18H2,1-2H3,(H,39,41)(H,40,44)/t19-,22-/m0/s1. The molecule has 0 aliphatic carbocycles. The van der Waals surface area contributed by atoms with E-state index in [4.69, 9.17) is 32.9 Å². The highest BCUT2D eigenvalue weighted by atomic mass is 35.5. The highest BCUT2D eigenvalue weighted by molar-refractivity contribution is 6.39.